The van der Waals surface area contributed by atoms with Gasteiger partial charge < -0.3 is 41.7 Å². The van der Waals surface area contributed by atoms with Crippen LogP contribution in [0.15, 0.2) is 28.7 Å². The van der Waals surface area contributed by atoms with E-state index >= 15 is 0 Å². The molecule has 3 aliphatic carbocycles. The summed E-state index contributed by atoms with van der Waals surface area (Å²) in [6.07, 6.45) is 0.169. The number of nitrogens with two attached hydrogens (primary N) is 1. The van der Waals surface area contributed by atoms with E-state index in [4.69, 9.17) is 11.1 Å². The first-order chi connectivity index (χ1) is 19.0. The molecule has 0 heterocycles. The van der Waals surface area contributed by atoms with Gasteiger partial charge in [0, 0.05) is 37.8 Å². The number of carbonyl (C=O) groups excluding carboxylic acids is 3. The number of allylic oxidation sites excluding steroid dienone is 1. The molecule has 0 unspecified atom stereocenters. The number of aliphatic hydroxyl groups is 3. The number of amides is 1. The number of nitrogens with zero attached hydrogens (tertiary/aromatic N) is 2. The Bertz CT molecular complexity index is 1410. The lowest BCUT2D eigenvalue weighted by atomic mass is 9.58. The molecule has 0 bridgehead atoms. The van der Waals surface area contributed by atoms with Crippen molar-refractivity contribution in [2.24, 2.45) is 23.5 Å². The fraction of sp³-hybridized carbons (Fsp3) is 0.500. The average Bonchev–Trinajstić information content (AvgIpc) is 2.85. The molecule has 0 fully saturated rings. The highest BCUT2D eigenvalue weighted by Gasteiger charge is 2.63. The highest BCUT2D eigenvalue weighted by molar-refractivity contribution is 6.25. The van der Waals surface area contributed by atoms with Crippen LogP contribution in [0.4, 0.5) is 11.4 Å². The Labute approximate surface area is 237 Å². The number of ketones is 2. The van der Waals surface area contributed by atoms with Gasteiger partial charge in [0.25, 0.3) is 5.91 Å². The number of hydrogen-bond acceptors (Lipinski definition) is 10. The zero-order valence-corrected chi connectivity index (χ0v) is 24.0. The van der Waals surface area contributed by atoms with Gasteiger partial charge in [0.05, 0.1) is 17.3 Å². The number of benzene rings is 1. The molecule has 0 spiro atoms. The number of carbonyl (C=O) groups is 3. The number of aromatic hydroxyl groups is 1. The van der Waals surface area contributed by atoms with Gasteiger partial charge in [0.15, 0.2) is 23.1 Å². The van der Waals surface area contributed by atoms with E-state index in [1.807, 2.05) is 13.8 Å². The van der Waals surface area contributed by atoms with E-state index in [-0.39, 0.29) is 41.5 Å². The first-order valence-electron chi connectivity index (χ1n) is 13.3. The molecule has 9 N–H and O–H groups in total. The Kier molecular flexibility index (Phi) is 7.56. The molecule has 0 aliphatic heterocycles. The van der Waals surface area contributed by atoms with Crippen LogP contribution in [-0.2, 0) is 16.0 Å². The molecule has 4 atom stereocenters. The number of likely N-dealkylation sites (N-methyl/N-ethyl adjacent to an activating group) is 1. The highest BCUT2D eigenvalue weighted by atomic mass is 16.3. The molecular weight excluding hydrogens is 532 g/mol. The second-order valence-electron chi connectivity index (χ2n) is 11.8. The van der Waals surface area contributed by atoms with Crippen molar-refractivity contribution in [2.75, 3.05) is 45.0 Å². The molecule has 13 heteroatoms. The number of guanidine groups is 1. The van der Waals surface area contributed by atoms with E-state index in [1.165, 1.54) is 4.90 Å². The molecule has 1 aromatic rings. The third-order valence-corrected chi connectivity index (χ3v) is 8.13. The largest absolute Gasteiger partial charge is 0.510 e. The third kappa shape index (κ3) is 4.58. The number of aliphatic hydroxyl groups excluding tert-OH is 2. The molecule has 0 radical (unpaired) electrons. The van der Waals surface area contributed by atoms with Crippen LogP contribution < -0.4 is 21.3 Å². The zero-order valence-electron chi connectivity index (χ0n) is 24.0. The summed E-state index contributed by atoms with van der Waals surface area (Å²) in [5.74, 6) is -6.95. The minimum atomic E-state index is -2.71. The SMILES string of the molecule is CC(C)CNC(=N)Nc1cc(N(C)C)c2c(c1O)C(=O)C1=C(O)[C@]3(O)C(=O)C(C(N)=O)=C(O)[C@H](N(C)C)[C@@H]3C[C@@H]1C2. The second kappa shape index (κ2) is 10.4. The van der Waals surface area contributed by atoms with Crippen molar-refractivity contribution in [3.05, 3.63) is 39.9 Å². The number of Topliss-reactive ketones (excluding diaryl/α,β-unsaturated/α-hetero) is 2. The molecule has 0 saturated heterocycles. The van der Waals surface area contributed by atoms with E-state index in [0.717, 1.165) is 0 Å². The quantitative estimate of drug-likeness (QED) is 0.104. The fourth-order valence-electron chi connectivity index (χ4n) is 6.28. The number of nitrogens with one attached hydrogen (secondary N) is 3. The van der Waals surface area contributed by atoms with E-state index in [9.17, 15) is 34.8 Å². The summed E-state index contributed by atoms with van der Waals surface area (Å²) in [6.45, 7) is 4.44. The molecule has 41 heavy (non-hydrogen) atoms. The normalized spacial score (nSPS) is 25.6. The van der Waals surface area contributed by atoms with Gasteiger partial charge in [-0.2, -0.15) is 0 Å². The third-order valence-electron chi connectivity index (χ3n) is 8.13. The summed E-state index contributed by atoms with van der Waals surface area (Å²) in [5.41, 5.74) is 2.62. The molecule has 1 amide bonds. The number of primary amides is 1. The number of fused-ring (bicyclic) bond motifs is 3. The molecule has 222 valence electrons. The van der Waals surface area contributed by atoms with Crippen molar-refractivity contribution in [3.63, 3.8) is 0 Å². The average molecular weight is 571 g/mol. The Morgan fingerprint density at radius 1 is 1.20 bits per heavy atom. The van der Waals surface area contributed by atoms with Gasteiger partial charge in [0.2, 0.25) is 5.78 Å². The Morgan fingerprint density at radius 2 is 1.83 bits per heavy atom. The Hall–Kier alpha value is -4.10. The van der Waals surface area contributed by atoms with E-state index in [1.54, 1.807) is 39.2 Å². The van der Waals surface area contributed by atoms with Crippen LogP contribution in [0, 0.1) is 23.2 Å². The number of phenols is 1. The van der Waals surface area contributed by atoms with Gasteiger partial charge >= 0.3 is 0 Å². The summed E-state index contributed by atoms with van der Waals surface area (Å²) < 4.78 is 0. The summed E-state index contributed by atoms with van der Waals surface area (Å²) in [7, 11) is 6.69. The minimum Gasteiger partial charge on any atom is -0.510 e. The second-order valence-corrected chi connectivity index (χ2v) is 11.8. The predicted octanol–water partition coefficient (Wildman–Crippen LogP) is 0.779. The van der Waals surface area contributed by atoms with Gasteiger partial charge in [-0.05, 0) is 50.4 Å². The predicted molar refractivity (Wildman–Crippen MR) is 152 cm³/mol. The van der Waals surface area contributed by atoms with E-state index in [0.29, 0.717) is 17.8 Å². The van der Waals surface area contributed by atoms with Crippen LogP contribution in [0.5, 0.6) is 5.75 Å². The topological polar surface area (TPSA) is 213 Å². The van der Waals surface area contributed by atoms with Crippen LogP contribution in [0.25, 0.3) is 0 Å². The molecule has 13 nitrogen and oxygen atoms in total. The number of phenolic OH excluding ortho intramolecular Hbond substituents is 1. The monoisotopic (exact) mass is 570 g/mol. The molecule has 0 aromatic heterocycles. The first kappa shape index (κ1) is 29.9. The fourth-order valence-corrected chi connectivity index (χ4v) is 6.28. The van der Waals surface area contributed by atoms with Crippen molar-refractivity contribution < 1.29 is 34.8 Å². The summed E-state index contributed by atoms with van der Waals surface area (Å²) in [4.78, 5) is 42.9. The molecule has 4 rings (SSSR count). The zero-order chi connectivity index (χ0) is 30.7. The molecule has 1 aromatic carbocycles. The standard InChI is InChI=1S/C28H38N6O7/c1-11(2)10-31-27(30)32-15-9-16(33(3)4)13-7-12-8-14-20(34(5)6)23(37)19(26(29)40)25(39)28(14,41)24(38)17(12)22(36)18(13)21(15)35/h9,11-12,14,20,35,37-38,41H,7-8,10H2,1-6H3,(H2,29,40)(H3,30,31,32)/t12-,14-,20+,28-/m0/s1. The maximum atomic E-state index is 14.0. The lowest BCUT2D eigenvalue weighted by molar-refractivity contribution is -0.148. The van der Waals surface area contributed by atoms with Crippen molar-refractivity contribution in [1.29, 1.82) is 5.41 Å². The van der Waals surface area contributed by atoms with Crippen molar-refractivity contribution >= 4 is 34.8 Å². The summed E-state index contributed by atoms with van der Waals surface area (Å²) in [5, 5.41) is 59.3. The number of hydrogen-bond donors (Lipinski definition) is 8. The van der Waals surface area contributed by atoms with Crippen LogP contribution in [0.1, 0.15) is 36.2 Å². The van der Waals surface area contributed by atoms with Gasteiger partial charge in [-0.1, -0.05) is 13.8 Å². The van der Waals surface area contributed by atoms with E-state index in [2.05, 4.69) is 10.6 Å². The number of anilines is 2. The van der Waals surface area contributed by atoms with Crippen LogP contribution in [-0.4, -0.2) is 95.1 Å². The smallest absolute Gasteiger partial charge is 0.255 e. The highest BCUT2D eigenvalue weighted by Crippen LogP contribution is 2.53. The van der Waals surface area contributed by atoms with Gasteiger partial charge in [-0.25, -0.2) is 0 Å². The van der Waals surface area contributed by atoms with Crippen molar-refractivity contribution in [3.8, 4) is 5.75 Å². The van der Waals surface area contributed by atoms with Gasteiger partial charge in [-0.15, -0.1) is 0 Å². The summed E-state index contributed by atoms with van der Waals surface area (Å²) in [6, 6.07) is 0.569. The minimum absolute atomic E-state index is 0.00314. The van der Waals surface area contributed by atoms with E-state index < -0.39 is 63.8 Å². The van der Waals surface area contributed by atoms with Crippen LogP contribution in [0.2, 0.25) is 0 Å². The Balaban J connectivity index is 1.89. The van der Waals surface area contributed by atoms with Crippen molar-refractivity contribution in [1.82, 2.24) is 10.2 Å². The van der Waals surface area contributed by atoms with Gasteiger partial charge in [0.1, 0.15) is 17.1 Å². The lowest BCUT2D eigenvalue weighted by Crippen LogP contribution is -2.63. The number of rotatable bonds is 6. The maximum absolute atomic E-state index is 14.0. The lowest BCUT2D eigenvalue weighted by Gasteiger charge is -2.50. The van der Waals surface area contributed by atoms with Crippen molar-refractivity contribution in [2.45, 2.75) is 38.3 Å². The van der Waals surface area contributed by atoms with Crippen LogP contribution in [0.3, 0.4) is 0 Å². The van der Waals surface area contributed by atoms with Crippen LogP contribution >= 0.6 is 0 Å². The summed E-state index contributed by atoms with van der Waals surface area (Å²) >= 11 is 0. The Morgan fingerprint density at radius 3 is 2.37 bits per heavy atom. The van der Waals surface area contributed by atoms with Gasteiger partial charge in [-0.3, -0.25) is 24.7 Å². The maximum Gasteiger partial charge on any atom is 0.255 e. The molecule has 3 aliphatic rings. The first-order valence-corrected chi connectivity index (χ1v) is 13.3. The molecule has 0 saturated carbocycles. The molecular formula is C28H38N6O7.